The van der Waals surface area contributed by atoms with Crippen molar-refractivity contribution >= 4 is 11.9 Å². The Labute approximate surface area is 282 Å². The highest BCUT2D eigenvalue weighted by Gasteiger charge is 2.65. The van der Waals surface area contributed by atoms with E-state index in [0.717, 1.165) is 88.8 Å². The van der Waals surface area contributed by atoms with Crippen LogP contribution >= 0.6 is 0 Å². The Bertz CT molecular complexity index is 1090. The molecule has 0 aromatic heterocycles. The van der Waals surface area contributed by atoms with Gasteiger partial charge in [-0.3, -0.25) is 19.4 Å². The zero-order valence-corrected chi connectivity index (χ0v) is 30.2. The standard InChI is InChI=1S/C36H60N3O5.BrH/c1-7-18-39(6)19-16-38(17-20-39)31-22-30-28-9-8-26-21-33(43-24(2)40)32(37-14-11-27(42)12-15-37)23-36(26,5)29(28)10-13-35(30,4)34(31)44-25(3)41;/h7,26-34,42H,1,8-23H2,2-6H3;1H/q+1;/p-1/t26?,28-,29-,30+,31?,32?,33?,34?,35+,36+;/m1./s1. The van der Waals surface area contributed by atoms with Crippen molar-refractivity contribution < 1.29 is 45.6 Å². The molecule has 1 N–H and O–H groups in total. The summed E-state index contributed by atoms with van der Waals surface area (Å²) in [6.07, 6.45) is 11.2. The number of piperazine rings is 1. The summed E-state index contributed by atoms with van der Waals surface area (Å²) in [4.78, 5) is 30.0. The normalized spacial score (nSPS) is 43.6. The van der Waals surface area contributed by atoms with Gasteiger partial charge in [-0.15, -0.1) is 0 Å². The maximum atomic E-state index is 12.6. The molecule has 2 saturated heterocycles. The Kier molecular flexibility index (Phi) is 10.6. The monoisotopic (exact) mass is 693 g/mol. The minimum Gasteiger partial charge on any atom is -1.00 e. The number of likely N-dealkylation sites (N-methyl/N-ethyl adjacent to an activating group) is 1. The minimum absolute atomic E-state index is 0. The second-order valence-corrected chi connectivity index (χ2v) is 16.5. The van der Waals surface area contributed by atoms with Gasteiger partial charge in [0.05, 0.1) is 32.8 Å². The molecule has 6 rings (SSSR count). The predicted molar refractivity (Wildman–Crippen MR) is 171 cm³/mol. The Hall–Kier alpha value is -1.00. The molecule has 6 fully saturated rings. The molecule has 2 aliphatic heterocycles. The highest BCUT2D eigenvalue weighted by atomic mass is 79.9. The fourth-order valence-corrected chi connectivity index (χ4v) is 11.7. The average molecular weight is 695 g/mol. The predicted octanol–water partition coefficient (Wildman–Crippen LogP) is 1.26. The third kappa shape index (κ3) is 6.56. The Balaban J connectivity index is 0.00000400. The van der Waals surface area contributed by atoms with Crippen molar-refractivity contribution in [2.24, 2.45) is 34.5 Å². The molecule has 0 bridgehead atoms. The van der Waals surface area contributed by atoms with Gasteiger partial charge in [0.2, 0.25) is 0 Å². The molecule has 256 valence electrons. The molecule has 0 spiro atoms. The number of rotatable bonds is 6. The van der Waals surface area contributed by atoms with E-state index in [9.17, 15) is 14.7 Å². The minimum atomic E-state index is -0.213. The van der Waals surface area contributed by atoms with Crippen molar-refractivity contribution in [3.05, 3.63) is 12.7 Å². The summed E-state index contributed by atoms with van der Waals surface area (Å²) in [6, 6.07) is 0.518. The first kappa shape index (κ1) is 35.3. The molecular formula is C36H60BrN3O5. The van der Waals surface area contributed by atoms with Crippen molar-refractivity contribution in [3.63, 3.8) is 0 Å². The smallest absolute Gasteiger partial charge is 0.302 e. The summed E-state index contributed by atoms with van der Waals surface area (Å²) in [6.45, 7) is 19.3. The van der Waals surface area contributed by atoms with Crippen LogP contribution in [0.15, 0.2) is 12.7 Å². The molecule has 10 atom stereocenters. The topological polar surface area (TPSA) is 79.3 Å². The first-order valence-corrected chi connectivity index (χ1v) is 17.8. The van der Waals surface area contributed by atoms with Gasteiger partial charge in [-0.1, -0.05) is 20.4 Å². The zero-order chi connectivity index (χ0) is 31.4. The molecule has 6 aliphatic rings. The number of hydrogen-bond acceptors (Lipinski definition) is 7. The quantitative estimate of drug-likeness (QED) is 0.255. The Morgan fingerprint density at radius 1 is 0.889 bits per heavy atom. The van der Waals surface area contributed by atoms with E-state index < -0.39 is 0 Å². The van der Waals surface area contributed by atoms with Crippen LogP contribution in [0.3, 0.4) is 0 Å². The lowest BCUT2D eigenvalue weighted by atomic mass is 9.44. The van der Waals surface area contributed by atoms with Crippen LogP contribution < -0.4 is 17.0 Å². The van der Waals surface area contributed by atoms with Gasteiger partial charge in [-0.25, -0.2) is 0 Å². The number of esters is 2. The molecule has 4 saturated carbocycles. The summed E-state index contributed by atoms with van der Waals surface area (Å²) in [5.74, 6) is 2.09. The van der Waals surface area contributed by atoms with Gasteiger partial charge in [-0.05, 0) is 93.0 Å². The lowest BCUT2D eigenvalue weighted by Gasteiger charge is -2.62. The van der Waals surface area contributed by atoms with Gasteiger partial charge in [0.1, 0.15) is 12.2 Å². The lowest BCUT2D eigenvalue weighted by molar-refractivity contribution is -0.908. The fourth-order valence-electron chi connectivity index (χ4n) is 11.7. The molecule has 0 amide bonds. The van der Waals surface area contributed by atoms with Crippen LogP contribution in [-0.2, 0) is 19.1 Å². The number of aliphatic hydroxyl groups is 1. The summed E-state index contributed by atoms with van der Waals surface area (Å²) in [7, 11) is 2.34. The van der Waals surface area contributed by atoms with Gasteiger partial charge in [0, 0.05) is 57.5 Å². The van der Waals surface area contributed by atoms with Crippen LogP contribution in [0, 0.1) is 34.5 Å². The lowest BCUT2D eigenvalue weighted by Crippen LogP contribution is -3.00. The van der Waals surface area contributed by atoms with E-state index in [1.165, 1.54) is 19.3 Å². The highest BCUT2D eigenvalue weighted by molar-refractivity contribution is 5.66. The van der Waals surface area contributed by atoms with Gasteiger partial charge >= 0.3 is 11.9 Å². The fraction of sp³-hybridized carbons (Fsp3) is 0.889. The van der Waals surface area contributed by atoms with E-state index in [1.807, 2.05) is 0 Å². The molecule has 0 radical (unpaired) electrons. The van der Waals surface area contributed by atoms with E-state index in [1.54, 1.807) is 13.8 Å². The maximum Gasteiger partial charge on any atom is 0.302 e. The summed E-state index contributed by atoms with van der Waals surface area (Å²) in [5.41, 5.74) is 0.209. The summed E-state index contributed by atoms with van der Waals surface area (Å²) >= 11 is 0. The van der Waals surface area contributed by atoms with Gasteiger partial charge in [-0.2, -0.15) is 0 Å². The van der Waals surface area contributed by atoms with E-state index in [4.69, 9.17) is 9.47 Å². The second kappa shape index (κ2) is 13.5. The van der Waals surface area contributed by atoms with E-state index in [-0.39, 0.29) is 64.1 Å². The van der Waals surface area contributed by atoms with E-state index in [0.29, 0.717) is 29.7 Å². The zero-order valence-electron chi connectivity index (χ0n) is 28.6. The average Bonchev–Trinajstić information content (AvgIpc) is 3.25. The van der Waals surface area contributed by atoms with Gasteiger partial charge in [0.25, 0.3) is 0 Å². The molecule has 0 aromatic carbocycles. The number of fused-ring (bicyclic) bond motifs is 5. The Morgan fingerprint density at radius 3 is 2.16 bits per heavy atom. The molecule has 9 heteroatoms. The number of halogens is 1. The van der Waals surface area contributed by atoms with Crippen molar-refractivity contribution in [1.29, 1.82) is 0 Å². The number of likely N-dealkylation sites (tertiary alicyclic amines) is 1. The maximum absolute atomic E-state index is 12.6. The molecule has 5 unspecified atom stereocenters. The van der Waals surface area contributed by atoms with E-state index in [2.05, 4.69) is 43.3 Å². The SMILES string of the molecule is C=CC[N+]1(C)CCN(C2C[C@H]3[C@@H]4CCC5CC(OC(C)=O)C(N6CCC(O)CC6)C[C@]5(C)[C@@H]4CC[C@]3(C)C2OC(C)=O)CC1.[Br-]. The third-order valence-corrected chi connectivity index (χ3v) is 14.1. The van der Waals surface area contributed by atoms with Crippen molar-refractivity contribution in [3.8, 4) is 0 Å². The Morgan fingerprint density at radius 2 is 1.53 bits per heavy atom. The van der Waals surface area contributed by atoms with Crippen LogP contribution in [0.25, 0.3) is 0 Å². The largest absolute Gasteiger partial charge is 1.00 e. The van der Waals surface area contributed by atoms with Crippen LogP contribution in [-0.4, -0.2) is 115 Å². The molecular weight excluding hydrogens is 634 g/mol. The van der Waals surface area contributed by atoms with Crippen LogP contribution in [0.1, 0.15) is 85.5 Å². The first-order chi connectivity index (χ1) is 20.9. The van der Waals surface area contributed by atoms with Crippen LogP contribution in [0.2, 0.25) is 0 Å². The van der Waals surface area contributed by atoms with Crippen LogP contribution in [0.5, 0.6) is 0 Å². The molecule has 0 aromatic rings. The molecule has 4 aliphatic carbocycles. The van der Waals surface area contributed by atoms with Gasteiger partial charge in [0.15, 0.2) is 0 Å². The number of nitrogens with zero attached hydrogens (tertiary/aromatic N) is 3. The van der Waals surface area contributed by atoms with Crippen molar-refractivity contribution in [1.82, 2.24) is 9.80 Å². The third-order valence-electron chi connectivity index (χ3n) is 14.1. The molecule has 8 nitrogen and oxygen atoms in total. The van der Waals surface area contributed by atoms with E-state index >= 15 is 0 Å². The number of piperidine rings is 1. The summed E-state index contributed by atoms with van der Waals surface area (Å²) < 4.78 is 13.4. The summed E-state index contributed by atoms with van der Waals surface area (Å²) in [5, 5.41) is 10.2. The number of ether oxygens (including phenoxy) is 2. The number of aliphatic hydroxyl groups excluding tert-OH is 1. The molecule has 2 heterocycles. The highest BCUT2D eigenvalue weighted by Crippen LogP contribution is 2.67. The van der Waals surface area contributed by atoms with Crippen molar-refractivity contribution in [2.45, 2.75) is 116 Å². The van der Waals surface area contributed by atoms with Crippen molar-refractivity contribution in [2.75, 3.05) is 52.9 Å². The van der Waals surface area contributed by atoms with Crippen LogP contribution in [0.4, 0.5) is 0 Å². The number of carbonyl (C=O) groups is 2. The number of quaternary nitrogens is 1. The number of hydrogen-bond donors (Lipinski definition) is 1. The van der Waals surface area contributed by atoms with Gasteiger partial charge < -0.3 is 36.0 Å². The first-order valence-electron chi connectivity index (χ1n) is 17.8. The second-order valence-electron chi connectivity index (χ2n) is 16.5. The molecule has 45 heavy (non-hydrogen) atoms. The number of carbonyl (C=O) groups excluding carboxylic acids is 2.